The zero-order chi connectivity index (χ0) is 14.1. The van der Waals surface area contributed by atoms with Crippen molar-refractivity contribution in [2.24, 2.45) is 0 Å². The molecule has 1 aromatic heterocycles. The van der Waals surface area contributed by atoms with Gasteiger partial charge in [-0.1, -0.05) is 30.3 Å². The van der Waals surface area contributed by atoms with Crippen molar-refractivity contribution in [2.75, 3.05) is 0 Å². The minimum atomic E-state index is -0.639. The van der Waals surface area contributed by atoms with Gasteiger partial charge in [0.2, 0.25) is 0 Å². The van der Waals surface area contributed by atoms with Crippen LogP contribution in [0.4, 0.5) is 4.39 Å². The summed E-state index contributed by atoms with van der Waals surface area (Å²) in [5.74, 6) is -0.299. The Balaban J connectivity index is 2.38. The first-order chi connectivity index (χ1) is 9.66. The van der Waals surface area contributed by atoms with E-state index < -0.39 is 6.10 Å². The van der Waals surface area contributed by atoms with Crippen molar-refractivity contribution in [1.82, 2.24) is 4.98 Å². The average molecular weight is 267 g/mol. The number of fused-ring (bicyclic) bond motifs is 1. The van der Waals surface area contributed by atoms with Crippen LogP contribution in [0, 0.1) is 5.82 Å². The topological polar surface area (TPSA) is 33.1 Å². The molecule has 0 aliphatic rings. The van der Waals surface area contributed by atoms with Crippen molar-refractivity contribution in [3.8, 4) is 11.1 Å². The summed E-state index contributed by atoms with van der Waals surface area (Å²) in [7, 11) is 0. The lowest BCUT2D eigenvalue weighted by atomic mass is 9.94. The number of aliphatic hydroxyl groups excluding tert-OH is 1. The molecule has 1 N–H and O–H groups in total. The fourth-order valence-electron chi connectivity index (χ4n) is 2.46. The summed E-state index contributed by atoms with van der Waals surface area (Å²) in [6, 6.07) is 14.0. The molecular formula is C17H14FNO. The van der Waals surface area contributed by atoms with Crippen LogP contribution in [0.3, 0.4) is 0 Å². The van der Waals surface area contributed by atoms with Gasteiger partial charge in [0.05, 0.1) is 11.6 Å². The number of aromatic nitrogens is 1. The smallest absolute Gasteiger partial charge is 0.123 e. The zero-order valence-electron chi connectivity index (χ0n) is 11.0. The molecule has 1 atom stereocenters. The van der Waals surface area contributed by atoms with Gasteiger partial charge in [0, 0.05) is 17.1 Å². The zero-order valence-corrected chi connectivity index (χ0v) is 11.0. The molecule has 3 aromatic rings. The highest BCUT2D eigenvalue weighted by Gasteiger charge is 2.14. The third-order valence-electron chi connectivity index (χ3n) is 3.37. The van der Waals surface area contributed by atoms with Gasteiger partial charge in [-0.3, -0.25) is 4.98 Å². The first-order valence-corrected chi connectivity index (χ1v) is 6.48. The van der Waals surface area contributed by atoms with Crippen molar-refractivity contribution in [2.45, 2.75) is 13.0 Å². The fourth-order valence-corrected chi connectivity index (χ4v) is 2.46. The van der Waals surface area contributed by atoms with Crippen LogP contribution < -0.4 is 0 Å². The first-order valence-electron chi connectivity index (χ1n) is 6.48. The number of nitrogens with zero attached hydrogens (tertiary/aromatic N) is 1. The number of hydrogen-bond donors (Lipinski definition) is 1. The molecule has 20 heavy (non-hydrogen) atoms. The van der Waals surface area contributed by atoms with Crippen LogP contribution in [-0.2, 0) is 0 Å². The molecule has 2 nitrogen and oxygen atoms in total. The van der Waals surface area contributed by atoms with E-state index in [-0.39, 0.29) is 5.82 Å². The van der Waals surface area contributed by atoms with Gasteiger partial charge >= 0.3 is 0 Å². The van der Waals surface area contributed by atoms with Crippen LogP contribution in [0.15, 0.2) is 54.7 Å². The molecule has 0 fully saturated rings. The van der Waals surface area contributed by atoms with Crippen molar-refractivity contribution >= 4 is 10.9 Å². The Hall–Kier alpha value is -2.26. The molecule has 0 radical (unpaired) electrons. The molecule has 3 heteroatoms. The van der Waals surface area contributed by atoms with Crippen LogP contribution in [0.2, 0.25) is 0 Å². The van der Waals surface area contributed by atoms with Gasteiger partial charge in [-0.25, -0.2) is 4.39 Å². The summed E-state index contributed by atoms with van der Waals surface area (Å²) in [5.41, 5.74) is 3.04. The summed E-state index contributed by atoms with van der Waals surface area (Å²) in [6.45, 7) is 1.70. The maximum atomic E-state index is 13.5. The summed E-state index contributed by atoms with van der Waals surface area (Å²) < 4.78 is 13.5. The molecule has 0 aliphatic heterocycles. The molecule has 100 valence electrons. The van der Waals surface area contributed by atoms with Gasteiger partial charge in [-0.05, 0) is 36.2 Å². The second kappa shape index (κ2) is 5.02. The van der Waals surface area contributed by atoms with E-state index in [4.69, 9.17) is 0 Å². The summed E-state index contributed by atoms with van der Waals surface area (Å²) in [6.07, 6.45) is 1.07. The van der Waals surface area contributed by atoms with E-state index in [2.05, 4.69) is 4.98 Å². The van der Waals surface area contributed by atoms with Crippen molar-refractivity contribution < 1.29 is 9.50 Å². The minimum absolute atomic E-state index is 0.299. The Morgan fingerprint density at radius 3 is 2.70 bits per heavy atom. The maximum Gasteiger partial charge on any atom is 0.123 e. The third-order valence-corrected chi connectivity index (χ3v) is 3.37. The van der Waals surface area contributed by atoms with E-state index in [1.54, 1.807) is 19.2 Å². The number of benzene rings is 2. The highest BCUT2D eigenvalue weighted by Crippen LogP contribution is 2.34. The molecule has 2 aromatic carbocycles. The van der Waals surface area contributed by atoms with Crippen LogP contribution in [0.5, 0.6) is 0 Å². The highest BCUT2D eigenvalue weighted by atomic mass is 19.1. The SMILES string of the molecule is CC(O)c1ccc2cccnc2c1-c1cccc(F)c1. The Morgan fingerprint density at radius 2 is 1.95 bits per heavy atom. The van der Waals surface area contributed by atoms with E-state index in [9.17, 15) is 9.50 Å². The lowest BCUT2D eigenvalue weighted by molar-refractivity contribution is 0.200. The molecule has 1 unspecified atom stereocenters. The first kappa shape index (κ1) is 12.8. The van der Waals surface area contributed by atoms with Crippen LogP contribution >= 0.6 is 0 Å². The maximum absolute atomic E-state index is 13.5. The second-order valence-electron chi connectivity index (χ2n) is 4.79. The molecule has 0 bridgehead atoms. The van der Waals surface area contributed by atoms with Gasteiger partial charge in [-0.15, -0.1) is 0 Å². The fraction of sp³-hybridized carbons (Fsp3) is 0.118. The summed E-state index contributed by atoms with van der Waals surface area (Å²) >= 11 is 0. The quantitative estimate of drug-likeness (QED) is 0.758. The predicted octanol–water partition coefficient (Wildman–Crippen LogP) is 4.09. The Morgan fingerprint density at radius 1 is 1.10 bits per heavy atom. The molecule has 0 spiro atoms. The molecule has 0 amide bonds. The Labute approximate surface area is 116 Å². The monoisotopic (exact) mass is 267 g/mol. The van der Waals surface area contributed by atoms with Gasteiger partial charge in [0.1, 0.15) is 5.82 Å². The van der Waals surface area contributed by atoms with Crippen molar-refractivity contribution in [3.05, 3.63) is 66.1 Å². The van der Waals surface area contributed by atoms with Gasteiger partial charge in [0.25, 0.3) is 0 Å². The minimum Gasteiger partial charge on any atom is -0.389 e. The predicted molar refractivity (Wildman–Crippen MR) is 77.8 cm³/mol. The van der Waals surface area contributed by atoms with E-state index in [1.807, 2.05) is 30.3 Å². The van der Waals surface area contributed by atoms with Crippen LogP contribution in [0.25, 0.3) is 22.0 Å². The lowest BCUT2D eigenvalue weighted by Crippen LogP contribution is -1.97. The van der Waals surface area contributed by atoms with Crippen LogP contribution in [-0.4, -0.2) is 10.1 Å². The van der Waals surface area contributed by atoms with Crippen molar-refractivity contribution in [1.29, 1.82) is 0 Å². The average Bonchev–Trinajstić information content (AvgIpc) is 2.46. The van der Waals surface area contributed by atoms with Crippen LogP contribution in [0.1, 0.15) is 18.6 Å². The Bertz CT molecular complexity index is 768. The molecule has 0 saturated heterocycles. The van der Waals surface area contributed by atoms with E-state index in [0.717, 1.165) is 27.6 Å². The number of hydrogen-bond acceptors (Lipinski definition) is 2. The van der Waals surface area contributed by atoms with Gasteiger partial charge in [0.15, 0.2) is 0 Å². The number of halogens is 1. The molecule has 1 heterocycles. The van der Waals surface area contributed by atoms with E-state index in [0.29, 0.717) is 0 Å². The van der Waals surface area contributed by atoms with Gasteiger partial charge < -0.3 is 5.11 Å². The molecule has 0 saturated carbocycles. The number of pyridine rings is 1. The largest absolute Gasteiger partial charge is 0.389 e. The summed E-state index contributed by atoms with van der Waals surface area (Å²) in [4.78, 5) is 4.40. The Kier molecular flexibility index (Phi) is 3.20. The normalized spacial score (nSPS) is 12.6. The highest BCUT2D eigenvalue weighted by molar-refractivity contribution is 5.95. The van der Waals surface area contributed by atoms with Gasteiger partial charge in [-0.2, -0.15) is 0 Å². The summed E-state index contributed by atoms with van der Waals surface area (Å²) in [5, 5.41) is 10.9. The second-order valence-corrected chi connectivity index (χ2v) is 4.79. The van der Waals surface area contributed by atoms with Crippen molar-refractivity contribution in [3.63, 3.8) is 0 Å². The van der Waals surface area contributed by atoms with E-state index in [1.165, 1.54) is 12.1 Å². The lowest BCUT2D eigenvalue weighted by Gasteiger charge is -2.14. The molecule has 3 rings (SSSR count). The van der Waals surface area contributed by atoms with E-state index >= 15 is 0 Å². The number of rotatable bonds is 2. The molecule has 0 aliphatic carbocycles. The number of aliphatic hydroxyl groups is 1. The third kappa shape index (κ3) is 2.17. The molecular weight excluding hydrogens is 253 g/mol. The standard InChI is InChI=1S/C17H14FNO/c1-11(20)15-8-7-12-5-3-9-19-17(12)16(15)13-4-2-6-14(18)10-13/h2-11,20H,1H3.